The van der Waals surface area contributed by atoms with Crippen molar-refractivity contribution in [1.82, 2.24) is 19.6 Å². The fourth-order valence-corrected chi connectivity index (χ4v) is 5.70. The molecule has 1 atom stereocenters. The van der Waals surface area contributed by atoms with E-state index in [-0.39, 0.29) is 16.4 Å². The maximum atomic E-state index is 12.9. The Hall–Kier alpha value is -2.03. The largest absolute Gasteiger partial charge is 0.364 e. The molecule has 0 amide bonds. The minimum atomic E-state index is -3.60. The first kappa shape index (κ1) is 23.6. The standard InChI is InChI=1S/C23H35N5O2S/c1-5-19-14-24-13-10-21(19)18(2)27-22-9-8-20(15-25-22)31(29,30)26-16-23(17-28(3)4)11-6-7-12-23/h8-10,13-15,18,26H,5-7,11-12,16-17H2,1-4H3,(H,25,27). The molecule has 8 heteroatoms. The van der Waals surface area contributed by atoms with Crippen molar-refractivity contribution in [2.24, 2.45) is 5.41 Å². The quantitative estimate of drug-likeness (QED) is 0.581. The van der Waals surface area contributed by atoms with Gasteiger partial charge in [-0.05, 0) is 75.0 Å². The summed E-state index contributed by atoms with van der Waals surface area (Å²) in [6.45, 7) is 5.52. The predicted octanol–water partition coefficient (Wildman–Crippen LogP) is 3.61. The molecule has 1 unspecified atom stereocenters. The Morgan fingerprint density at radius 2 is 1.90 bits per heavy atom. The highest BCUT2D eigenvalue weighted by molar-refractivity contribution is 7.89. The van der Waals surface area contributed by atoms with Gasteiger partial charge in [-0.2, -0.15) is 0 Å². The van der Waals surface area contributed by atoms with Crippen molar-refractivity contribution in [2.75, 3.05) is 32.5 Å². The first-order chi connectivity index (χ1) is 14.7. The highest BCUT2D eigenvalue weighted by Gasteiger charge is 2.35. The van der Waals surface area contributed by atoms with Gasteiger partial charge in [0.1, 0.15) is 10.7 Å². The van der Waals surface area contributed by atoms with E-state index in [1.165, 1.54) is 17.3 Å². The minimum Gasteiger partial charge on any atom is -0.364 e. The summed E-state index contributed by atoms with van der Waals surface area (Å²) in [6, 6.07) is 5.39. The lowest BCUT2D eigenvalue weighted by Gasteiger charge is -2.32. The number of rotatable bonds is 10. The molecule has 2 aromatic heterocycles. The number of hydrogen-bond donors (Lipinski definition) is 2. The Bertz CT molecular complexity index is 954. The first-order valence-electron chi connectivity index (χ1n) is 11.0. The molecule has 7 nitrogen and oxygen atoms in total. The first-order valence-corrected chi connectivity index (χ1v) is 12.5. The molecule has 0 radical (unpaired) electrons. The van der Waals surface area contributed by atoms with Crippen LogP contribution in [-0.4, -0.2) is 50.5 Å². The second-order valence-corrected chi connectivity index (χ2v) is 10.7. The topological polar surface area (TPSA) is 87.2 Å². The Morgan fingerprint density at radius 1 is 1.16 bits per heavy atom. The number of pyridine rings is 2. The average Bonchev–Trinajstić information content (AvgIpc) is 3.21. The maximum absolute atomic E-state index is 12.9. The van der Waals surface area contributed by atoms with Crippen LogP contribution in [-0.2, 0) is 16.4 Å². The van der Waals surface area contributed by atoms with Crippen LogP contribution in [0, 0.1) is 5.41 Å². The smallest absolute Gasteiger partial charge is 0.242 e. The van der Waals surface area contributed by atoms with Crippen LogP contribution in [0.3, 0.4) is 0 Å². The molecule has 3 rings (SSSR count). The predicted molar refractivity (Wildman–Crippen MR) is 125 cm³/mol. The number of sulfonamides is 1. The number of nitrogens with one attached hydrogen (secondary N) is 2. The summed E-state index contributed by atoms with van der Waals surface area (Å²) in [6.07, 6.45) is 10.4. The summed E-state index contributed by atoms with van der Waals surface area (Å²) in [7, 11) is 0.488. The van der Waals surface area contributed by atoms with E-state index in [0.717, 1.165) is 38.6 Å². The molecule has 2 aromatic rings. The second-order valence-electron chi connectivity index (χ2n) is 8.94. The van der Waals surface area contributed by atoms with Gasteiger partial charge in [0.05, 0.1) is 6.04 Å². The molecule has 1 aliphatic rings. The zero-order valence-electron chi connectivity index (χ0n) is 19.1. The van der Waals surface area contributed by atoms with E-state index in [1.54, 1.807) is 18.3 Å². The molecule has 1 aliphatic carbocycles. The van der Waals surface area contributed by atoms with Crippen molar-refractivity contribution in [3.05, 3.63) is 47.9 Å². The third-order valence-electron chi connectivity index (χ3n) is 6.15. The van der Waals surface area contributed by atoms with E-state index in [9.17, 15) is 8.42 Å². The van der Waals surface area contributed by atoms with E-state index in [2.05, 4.69) is 38.8 Å². The van der Waals surface area contributed by atoms with Crippen LogP contribution in [0.4, 0.5) is 5.82 Å². The SMILES string of the molecule is CCc1cnccc1C(C)Nc1ccc(S(=O)(=O)NCC2(CN(C)C)CCCC2)cn1. The van der Waals surface area contributed by atoms with E-state index in [0.29, 0.717) is 12.4 Å². The summed E-state index contributed by atoms with van der Waals surface area (Å²) < 4.78 is 28.6. The molecule has 0 saturated heterocycles. The monoisotopic (exact) mass is 445 g/mol. The Morgan fingerprint density at radius 3 is 2.52 bits per heavy atom. The summed E-state index contributed by atoms with van der Waals surface area (Å²) in [5.41, 5.74) is 2.37. The fraction of sp³-hybridized carbons (Fsp3) is 0.565. The molecule has 2 heterocycles. The lowest BCUT2D eigenvalue weighted by atomic mass is 9.86. The number of anilines is 1. The van der Waals surface area contributed by atoms with E-state index in [4.69, 9.17) is 0 Å². The van der Waals surface area contributed by atoms with Crippen LogP contribution in [0.1, 0.15) is 56.7 Å². The molecule has 170 valence electrons. The fourth-order valence-electron chi connectivity index (χ4n) is 4.60. The van der Waals surface area contributed by atoms with Crippen molar-refractivity contribution < 1.29 is 8.42 Å². The third kappa shape index (κ3) is 6.02. The molecule has 0 aliphatic heterocycles. The molecule has 1 saturated carbocycles. The van der Waals surface area contributed by atoms with Gasteiger partial charge < -0.3 is 10.2 Å². The Kier molecular flexibility index (Phi) is 7.67. The Balaban J connectivity index is 1.66. The third-order valence-corrected chi connectivity index (χ3v) is 7.54. The zero-order chi connectivity index (χ0) is 22.5. The van der Waals surface area contributed by atoms with E-state index < -0.39 is 10.0 Å². The van der Waals surface area contributed by atoms with Crippen LogP contribution < -0.4 is 10.0 Å². The van der Waals surface area contributed by atoms with Crippen LogP contribution >= 0.6 is 0 Å². The zero-order valence-corrected chi connectivity index (χ0v) is 19.9. The summed E-state index contributed by atoms with van der Waals surface area (Å²) in [5.74, 6) is 0.644. The van der Waals surface area contributed by atoms with Crippen LogP contribution in [0.5, 0.6) is 0 Å². The van der Waals surface area contributed by atoms with Crippen molar-refractivity contribution in [1.29, 1.82) is 0 Å². The summed E-state index contributed by atoms with van der Waals surface area (Å²) in [5, 5.41) is 3.36. The minimum absolute atomic E-state index is 0.0163. The average molecular weight is 446 g/mol. The van der Waals surface area contributed by atoms with Gasteiger partial charge in [-0.15, -0.1) is 0 Å². The lowest BCUT2D eigenvalue weighted by molar-refractivity contribution is 0.204. The molecular formula is C23H35N5O2S. The molecular weight excluding hydrogens is 410 g/mol. The summed E-state index contributed by atoms with van der Waals surface area (Å²) >= 11 is 0. The summed E-state index contributed by atoms with van der Waals surface area (Å²) in [4.78, 5) is 10.9. The van der Waals surface area contributed by atoms with E-state index >= 15 is 0 Å². The van der Waals surface area contributed by atoms with Gasteiger partial charge in [-0.3, -0.25) is 4.98 Å². The van der Waals surface area contributed by atoms with Crippen molar-refractivity contribution in [2.45, 2.75) is 56.9 Å². The van der Waals surface area contributed by atoms with Gasteiger partial charge in [0, 0.05) is 31.7 Å². The lowest BCUT2D eigenvalue weighted by Crippen LogP contribution is -2.42. The highest BCUT2D eigenvalue weighted by Crippen LogP contribution is 2.38. The molecule has 0 bridgehead atoms. The molecule has 0 aromatic carbocycles. The number of aromatic nitrogens is 2. The second kappa shape index (κ2) is 10.1. The maximum Gasteiger partial charge on any atom is 0.242 e. The normalized spacial score (nSPS) is 17.1. The van der Waals surface area contributed by atoms with Gasteiger partial charge in [0.2, 0.25) is 10.0 Å². The highest BCUT2D eigenvalue weighted by atomic mass is 32.2. The molecule has 31 heavy (non-hydrogen) atoms. The van der Waals surface area contributed by atoms with Crippen LogP contribution in [0.2, 0.25) is 0 Å². The molecule has 2 N–H and O–H groups in total. The Labute approximate surface area is 186 Å². The van der Waals surface area contributed by atoms with Crippen molar-refractivity contribution in [3.63, 3.8) is 0 Å². The molecule has 1 fully saturated rings. The van der Waals surface area contributed by atoms with Crippen LogP contribution in [0.25, 0.3) is 0 Å². The van der Waals surface area contributed by atoms with Gasteiger partial charge in [0.25, 0.3) is 0 Å². The van der Waals surface area contributed by atoms with Gasteiger partial charge in [-0.1, -0.05) is 19.8 Å². The van der Waals surface area contributed by atoms with Gasteiger partial charge in [-0.25, -0.2) is 18.1 Å². The van der Waals surface area contributed by atoms with E-state index in [1.807, 2.05) is 26.4 Å². The van der Waals surface area contributed by atoms with Crippen molar-refractivity contribution >= 4 is 15.8 Å². The molecule has 0 spiro atoms. The van der Waals surface area contributed by atoms with Gasteiger partial charge in [0.15, 0.2) is 0 Å². The number of aryl methyl sites for hydroxylation is 1. The van der Waals surface area contributed by atoms with Crippen molar-refractivity contribution in [3.8, 4) is 0 Å². The number of nitrogens with zero attached hydrogens (tertiary/aromatic N) is 3. The van der Waals surface area contributed by atoms with Crippen LogP contribution in [0.15, 0.2) is 41.7 Å². The number of hydrogen-bond acceptors (Lipinski definition) is 6. The van der Waals surface area contributed by atoms with Gasteiger partial charge >= 0.3 is 0 Å².